The molecular weight excluding hydrogens is 482 g/mol. The summed E-state index contributed by atoms with van der Waals surface area (Å²) in [6.07, 6.45) is -10.5. The van der Waals surface area contributed by atoms with E-state index in [1.54, 1.807) is 4.98 Å². The standard InChI is InChI=1S/C15H7BrF6N2O5/c16-6-2-4(14(17,18)19)3(1-5(6)15(20,21)22)7-8(12(26)27)10(23)24-11(25)9(7)13(28)29/h1-2H,(H,26,27)(H,28,29)(H3,23,24,25). The van der Waals surface area contributed by atoms with Gasteiger partial charge in [-0.3, -0.25) is 4.79 Å². The number of aromatic nitrogens is 1. The molecule has 1 aromatic heterocycles. The minimum Gasteiger partial charge on any atom is -0.478 e. The number of carbonyl (C=O) groups is 2. The first-order chi connectivity index (χ1) is 13.1. The van der Waals surface area contributed by atoms with E-state index >= 15 is 0 Å². The Kier molecular flexibility index (Phi) is 5.45. The van der Waals surface area contributed by atoms with Gasteiger partial charge in [-0.05, 0) is 17.7 Å². The lowest BCUT2D eigenvalue weighted by Crippen LogP contribution is -2.25. The Morgan fingerprint density at radius 3 is 1.83 bits per heavy atom. The number of hydrogen-bond acceptors (Lipinski definition) is 4. The summed E-state index contributed by atoms with van der Waals surface area (Å²) in [4.78, 5) is 36.5. The van der Waals surface area contributed by atoms with Crippen LogP contribution >= 0.6 is 15.9 Å². The fraction of sp³-hybridized carbons (Fsp3) is 0.133. The topological polar surface area (TPSA) is 133 Å². The predicted molar refractivity (Wildman–Crippen MR) is 88.5 cm³/mol. The summed E-state index contributed by atoms with van der Waals surface area (Å²) < 4.78 is 79.1. The monoisotopic (exact) mass is 488 g/mol. The highest BCUT2D eigenvalue weighted by Crippen LogP contribution is 2.45. The number of aromatic amines is 1. The van der Waals surface area contributed by atoms with Gasteiger partial charge in [0, 0.05) is 10.0 Å². The summed E-state index contributed by atoms with van der Waals surface area (Å²) in [5.74, 6) is -5.28. The van der Waals surface area contributed by atoms with Gasteiger partial charge in [0.15, 0.2) is 0 Å². The van der Waals surface area contributed by atoms with Gasteiger partial charge in [0.05, 0.1) is 11.1 Å². The number of nitrogens with one attached hydrogen (secondary N) is 1. The Labute approximate surface area is 163 Å². The largest absolute Gasteiger partial charge is 0.478 e. The molecule has 0 fully saturated rings. The van der Waals surface area contributed by atoms with Crippen molar-refractivity contribution >= 4 is 33.7 Å². The quantitative estimate of drug-likeness (QED) is 0.485. The van der Waals surface area contributed by atoms with Crippen molar-refractivity contribution in [2.24, 2.45) is 0 Å². The number of hydrogen-bond donors (Lipinski definition) is 4. The summed E-state index contributed by atoms with van der Waals surface area (Å²) in [7, 11) is 0. The van der Waals surface area contributed by atoms with Crippen molar-refractivity contribution in [3.05, 3.63) is 49.2 Å². The van der Waals surface area contributed by atoms with E-state index in [-0.39, 0.29) is 12.1 Å². The van der Waals surface area contributed by atoms with E-state index in [0.717, 1.165) is 0 Å². The molecule has 0 amide bonds. The van der Waals surface area contributed by atoms with Crippen LogP contribution in [0.1, 0.15) is 31.8 Å². The van der Waals surface area contributed by atoms with E-state index < -0.39 is 73.5 Å². The summed E-state index contributed by atoms with van der Waals surface area (Å²) in [6.45, 7) is 0. The molecule has 0 bridgehead atoms. The second-order valence-corrected chi connectivity index (χ2v) is 6.33. The maximum atomic E-state index is 13.5. The maximum Gasteiger partial charge on any atom is 0.417 e. The fourth-order valence-electron chi connectivity index (χ4n) is 2.55. The van der Waals surface area contributed by atoms with Crippen molar-refractivity contribution in [2.75, 3.05) is 5.73 Å². The number of carboxylic acid groups (broad SMARTS) is 2. The van der Waals surface area contributed by atoms with Crippen LogP contribution in [0.4, 0.5) is 32.2 Å². The van der Waals surface area contributed by atoms with Crippen LogP contribution in [0.25, 0.3) is 11.1 Å². The number of nitrogens with two attached hydrogens (primary N) is 1. The van der Waals surface area contributed by atoms with Crippen LogP contribution in [-0.4, -0.2) is 27.1 Å². The first-order valence-electron chi connectivity index (χ1n) is 7.08. The van der Waals surface area contributed by atoms with Gasteiger partial charge in [-0.2, -0.15) is 26.3 Å². The molecule has 1 heterocycles. The number of aromatic carboxylic acids is 2. The van der Waals surface area contributed by atoms with E-state index in [4.69, 9.17) is 5.73 Å². The molecule has 0 spiro atoms. The van der Waals surface area contributed by atoms with Crippen LogP contribution in [0, 0.1) is 0 Å². The van der Waals surface area contributed by atoms with Crippen LogP contribution in [-0.2, 0) is 12.4 Å². The van der Waals surface area contributed by atoms with Gasteiger partial charge in [0.1, 0.15) is 16.9 Å². The predicted octanol–water partition coefficient (Wildman–Crippen LogP) is 3.82. The Morgan fingerprint density at radius 2 is 1.41 bits per heavy atom. The average molecular weight is 489 g/mol. The third-order valence-electron chi connectivity index (χ3n) is 3.66. The van der Waals surface area contributed by atoms with Crippen molar-refractivity contribution in [2.45, 2.75) is 12.4 Å². The zero-order valence-electron chi connectivity index (χ0n) is 13.5. The van der Waals surface area contributed by atoms with Gasteiger partial charge in [-0.1, -0.05) is 15.9 Å². The molecule has 5 N–H and O–H groups in total. The van der Waals surface area contributed by atoms with Gasteiger partial charge in [0.25, 0.3) is 5.56 Å². The molecule has 1 aromatic carbocycles. The number of nitrogen functional groups attached to an aromatic ring is 1. The zero-order chi connectivity index (χ0) is 22.5. The van der Waals surface area contributed by atoms with Gasteiger partial charge >= 0.3 is 24.3 Å². The Bertz CT molecular complexity index is 1090. The summed E-state index contributed by atoms with van der Waals surface area (Å²) in [5, 5.41) is 18.5. The van der Waals surface area contributed by atoms with Crippen molar-refractivity contribution in [1.82, 2.24) is 4.98 Å². The van der Waals surface area contributed by atoms with Crippen LogP contribution in [0.3, 0.4) is 0 Å². The highest BCUT2D eigenvalue weighted by molar-refractivity contribution is 9.10. The molecule has 0 saturated carbocycles. The normalized spacial score (nSPS) is 12.1. The Balaban J connectivity index is 3.22. The number of anilines is 1. The minimum atomic E-state index is -5.34. The van der Waals surface area contributed by atoms with E-state index in [9.17, 15) is 50.9 Å². The first-order valence-corrected chi connectivity index (χ1v) is 7.87. The van der Waals surface area contributed by atoms with E-state index in [2.05, 4.69) is 15.9 Å². The van der Waals surface area contributed by atoms with Crippen LogP contribution in [0.2, 0.25) is 0 Å². The Hall–Kier alpha value is -3.03. The van der Waals surface area contributed by atoms with Crippen molar-refractivity contribution in [1.29, 1.82) is 0 Å². The zero-order valence-corrected chi connectivity index (χ0v) is 15.1. The van der Waals surface area contributed by atoms with E-state index in [0.29, 0.717) is 0 Å². The SMILES string of the molecule is Nc1[nH]c(=O)c(C(=O)O)c(-c2cc(C(F)(F)F)c(Br)cc2C(F)(F)F)c1C(=O)O. The number of halogens is 7. The van der Waals surface area contributed by atoms with Gasteiger partial charge < -0.3 is 20.9 Å². The molecule has 14 heteroatoms. The molecular formula is C15H7BrF6N2O5. The fourth-order valence-corrected chi connectivity index (χ4v) is 3.12. The highest BCUT2D eigenvalue weighted by Gasteiger charge is 2.41. The third-order valence-corrected chi connectivity index (χ3v) is 4.32. The lowest BCUT2D eigenvalue weighted by molar-refractivity contribution is -0.141. The smallest absolute Gasteiger partial charge is 0.417 e. The number of benzene rings is 1. The van der Waals surface area contributed by atoms with Crippen LogP contribution in [0.15, 0.2) is 21.4 Å². The number of pyridine rings is 1. The first kappa shape index (κ1) is 22.3. The third kappa shape index (κ3) is 4.06. The summed E-state index contributed by atoms with van der Waals surface area (Å²) >= 11 is 2.36. The lowest BCUT2D eigenvalue weighted by Gasteiger charge is -2.20. The molecule has 29 heavy (non-hydrogen) atoms. The molecule has 0 aliphatic heterocycles. The van der Waals surface area contributed by atoms with Crippen LogP contribution in [0.5, 0.6) is 0 Å². The van der Waals surface area contributed by atoms with E-state index in [1.165, 1.54) is 0 Å². The molecule has 0 aliphatic carbocycles. The molecule has 0 aliphatic rings. The molecule has 0 radical (unpaired) electrons. The van der Waals surface area contributed by atoms with Crippen molar-refractivity contribution in [3.63, 3.8) is 0 Å². The maximum absolute atomic E-state index is 13.5. The number of H-pyrrole nitrogens is 1. The minimum absolute atomic E-state index is 0.00674. The lowest BCUT2D eigenvalue weighted by atomic mass is 9.90. The summed E-state index contributed by atoms with van der Waals surface area (Å²) in [6, 6.07) is -0.0905. The van der Waals surface area contributed by atoms with Crippen molar-refractivity contribution < 1.29 is 46.1 Å². The summed E-state index contributed by atoms with van der Waals surface area (Å²) in [5.41, 5.74) is -5.48. The van der Waals surface area contributed by atoms with Gasteiger partial charge in [-0.25, -0.2) is 9.59 Å². The molecule has 156 valence electrons. The second kappa shape index (κ2) is 7.09. The average Bonchev–Trinajstić information content (AvgIpc) is 2.50. The number of carboxylic acids is 2. The molecule has 7 nitrogen and oxygen atoms in total. The van der Waals surface area contributed by atoms with Gasteiger partial charge in [-0.15, -0.1) is 0 Å². The van der Waals surface area contributed by atoms with Crippen molar-refractivity contribution in [3.8, 4) is 11.1 Å². The number of alkyl halides is 6. The van der Waals surface area contributed by atoms with Gasteiger partial charge in [0.2, 0.25) is 0 Å². The molecule has 0 atom stereocenters. The Morgan fingerprint density at radius 1 is 0.931 bits per heavy atom. The van der Waals surface area contributed by atoms with Crippen LogP contribution < -0.4 is 11.3 Å². The molecule has 0 unspecified atom stereocenters. The molecule has 0 saturated heterocycles. The highest BCUT2D eigenvalue weighted by atomic mass is 79.9. The van der Waals surface area contributed by atoms with E-state index in [1.807, 2.05) is 0 Å². The second-order valence-electron chi connectivity index (χ2n) is 5.48. The molecule has 2 rings (SSSR count). The number of rotatable bonds is 3. The molecule has 2 aromatic rings.